The van der Waals surface area contributed by atoms with E-state index in [2.05, 4.69) is 44.8 Å². The largest absolute Gasteiger partial charge is 0.294 e. The first kappa shape index (κ1) is 13.4. The fraction of sp³-hybridized carbons (Fsp3) is 0.769. The normalized spacial score (nSPS) is 16.6. The maximum Gasteiger partial charge on any atom is 0.0530 e. The molecule has 0 rings (SSSR count). The van der Waals surface area contributed by atoms with E-state index in [0.29, 0.717) is 12.0 Å². The van der Waals surface area contributed by atoms with Crippen molar-refractivity contribution in [2.75, 3.05) is 0 Å². The summed E-state index contributed by atoms with van der Waals surface area (Å²) in [5, 5.41) is 0. The molecule has 0 aliphatic carbocycles. The quantitative estimate of drug-likeness (QED) is 0.425. The van der Waals surface area contributed by atoms with Gasteiger partial charge in [-0.25, -0.2) is 0 Å². The molecule has 0 saturated carbocycles. The molecule has 0 fully saturated rings. The fourth-order valence-corrected chi connectivity index (χ4v) is 1.57. The van der Waals surface area contributed by atoms with Gasteiger partial charge in [0.15, 0.2) is 0 Å². The molecule has 0 N–H and O–H groups in total. The summed E-state index contributed by atoms with van der Waals surface area (Å²) in [7, 11) is 0. The molecule has 14 heavy (non-hydrogen) atoms. The zero-order chi connectivity index (χ0) is 10.8. The highest BCUT2D eigenvalue weighted by molar-refractivity contribution is 5.56. The average Bonchev–Trinajstić information content (AvgIpc) is 2.20. The molecule has 0 bridgehead atoms. The summed E-state index contributed by atoms with van der Waals surface area (Å²) in [5.74, 6) is 0.628. The van der Waals surface area contributed by atoms with Crippen molar-refractivity contribution in [3.8, 4) is 0 Å². The van der Waals surface area contributed by atoms with E-state index in [9.17, 15) is 0 Å². The highest BCUT2D eigenvalue weighted by atomic mass is 14.8. The molecule has 1 heteroatoms. The summed E-state index contributed by atoms with van der Waals surface area (Å²) in [4.78, 5) is 4.54. The van der Waals surface area contributed by atoms with Gasteiger partial charge in [0.05, 0.1) is 6.04 Å². The standard InChI is InChI=1S/C13H25N/c1-5-8-10-13(9-6-2)12(4)14-11-7-3/h6,9,11-13H,5,7-8,10H2,1-4H3/b9-6+,14-11?. The van der Waals surface area contributed by atoms with Crippen molar-refractivity contribution < 1.29 is 0 Å². The Hall–Kier alpha value is -0.590. The zero-order valence-corrected chi connectivity index (χ0v) is 10.2. The van der Waals surface area contributed by atoms with Gasteiger partial charge >= 0.3 is 0 Å². The van der Waals surface area contributed by atoms with E-state index < -0.39 is 0 Å². The van der Waals surface area contributed by atoms with Gasteiger partial charge in [-0.2, -0.15) is 0 Å². The Morgan fingerprint density at radius 2 is 2.00 bits per heavy atom. The van der Waals surface area contributed by atoms with E-state index in [-0.39, 0.29) is 0 Å². The van der Waals surface area contributed by atoms with E-state index in [1.807, 2.05) is 6.21 Å². The van der Waals surface area contributed by atoms with Gasteiger partial charge in [-0.3, -0.25) is 4.99 Å². The Balaban J connectivity index is 4.10. The average molecular weight is 195 g/mol. The SMILES string of the molecule is C/C=C/C(CCCC)C(C)N=CCC. The lowest BCUT2D eigenvalue weighted by atomic mass is 9.95. The molecule has 0 saturated heterocycles. The van der Waals surface area contributed by atoms with Gasteiger partial charge in [0, 0.05) is 0 Å². The number of rotatable bonds is 7. The predicted octanol–water partition coefficient (Wildman–Crippen LogP) is 4.24. The molecule has 0 spiro atoms. The first-order valence-corrected chi connectivity index (χ1v) is 5.90. The van der Waals surface area contributed by atoms with Crippen LogP contribution < -0.4 is 0 Å². The van der Waals surface area contributed by atoms with Crippen molar-refractivity contribution in [3.63, 3.8) is 0 Å². The Kier molecular flexibility index (Phi) is 8.61. The Labute approximate surface area is 89.3 Å². The van der Waals surface area contributed by atoms with Gasteiger partial charge in [0.2, 0.25) is 0 Å². The van der Waals surface area contributed by atoms with E-state index in [0.717, 1.165) is 6.42 Å². The summed E-state index contributed by atoms with van der Waals surface area (Å²) < 4.78 is 0. The Morgan fingerprint density at radius 3 is 2.50 bits per heavy atom. The van der Waals surface area contributed by atoms with Crippen LogP contribution in [0.1, 0.15) is 53.4 Å². The minimum Gasteiger partial charge on any atom is -0.294 e. The van der Waals surface area contributed by atoms with Crippen LogP contribution in [-0.4, -0.2) is 12.3 Å². The summed E-state index contributed by atoms with van der Waals surface area (Å²) in [6, 6.07) is 0.442. The molecule has 0 radical (unpaired) electrons. The van der Waals surface area contributed by atoms with Crippen LogP contribution in [0.2, 0.25) is 0 Å². The first-order valence-electron chi connectivity index (χ1n) is 5.90. The van der Waals surface area contributed by atoms with Crippen LogP contribution in [0.5, 0.6) is 0 Å². The number of aliphatic imine (C=N–C) groups is 1. The molecule has 82 valence electrons. The van der Waals surface area contributed by atoms with E-state index in [1.54, 1.807) is 0 Å². The van der Waals surface area contributed by atoms with Crippen LogP contribution >= 0.6 is 0 Å². The molecule has 0 aromatic heterocycles. The van der Waals surface area contributed by atoms with Crippen molar-refractivity contribution in [3.05, 3.63) is 12.2 Å². The van der Waals surface area contributed by atoms with Crippen LogP contribution in [0.4, 0.5) is 0 Å². The van der Waals surface area contributed by atoms with Crippen LogP contribution in [-0.2, 0) is 0 Å². The van der Waals surface area contributed by atoms with Gasteiger partial charge in [-0.05, 0) is 38.8 Å². The van der Waals surface area contributed by atoms with Crippen molar-refractivity contribution in [1.82, 2.24) is 0 Å². The number of nitrogens with zero attached hydrogens (tertiary/aromatic N) is 1. The molecule has 0 heterocycles. The smallest absolute Gasteiger partial charge is 0.0530 e. The van der Waals surface area contributed by atoms with Crippen molar-refractivity contribution in [2.24, 2.45) is 10.9 Å². The predicted molar refractivity (Wildman–Crippen MR) is 66.1 cm³/mol. The molecule has 2 atom stereocenters. The second kappa shape index (κ2) is 8.98. The maximum absolute atomic E-state index is 4.54. The van der Waals surface area contributed by atoms with Crippen LogP contribution in [0.3, 0.4) is 0 Å². The van der Waals surface area contributed by atoms with Crippen LogP contribution in [0.25, 0.3) is 0 Å². The molecular formula is C13H25N. The van der Waals surface area contributed by atoms with Crippen molar-refractivity contribution in [2.45, 2.75) is 59.4 Å². The van der Waals surface area contributed by atoms with Gasteiger partial charge in [0.25, 0.3) is 0 Å². The van der Waals surface area contributed by atoms with Gasteiger partial charge in [-0.1, -0.05) is 38.8 Å². The molecule has 0 aliphatic heterocycles. The monoisotopic (exact) mass is 195 g/mol. The number of unbranched alkanes of at least 4 members (excludes halogenated alkanes) is 1. The summed E-state index contributed by atoms with van der Waals surface area (Å²) in [6.45, 7) is 8.68. The van der Waals surface area contributed by atoms with Gasteiger partial charge < -0.3 is 0 Å². The summed E-state index contributed by atoms with van der Waals surface area (Å²) >= 11 is 0. The molecule has 2 unspecified atom stereocenters. The lowest BCUT2D eigenvalue weighted by molar-refractivity contribution is 0.481. The van der Waals surface area contributed by atoms with E-state index in [4.69, 9.17) is 0 Å². The minimum absolute atomic E-state index is 0.442. The highest BCUT2D eigenvalue weighted by Crippen LogP contribution is 2.17. The third-order valence-electron chi connectivity index (χ3n) is 2.47. The van der Waals surface area contributed by atoms with E-state index in [1.165, 1.54) is 19.3 Å². The maximum atomic E-state index is 4.54. The Bertz CT molecular complexity index is 170. The summed E-state index contributed by atoms with van der Waals surface area (Å²) in [6.07, 6.45) is 11.4. The molecule has 1 nitrogen and oxygen atoms in total. The number of hydrogen-bond donors (Lipinski definition) is 0. The number of hydrogen-bond acceptors (Lipinski definition) is 1. The van der Waals surface area contributed by atoms with Gasteiger partial charge in [-0.15, -0.1) is 0 Å². The third-order valence-corrected chi connectivity index (χ3v) is 2.47. The first-order chi connectivity index (χ1) is 6.76. The van der Waals surface area contributed by atoms with E-state index >= 15 is 0 Å². The zero-order valence-electron chi connectivity index (χ0n) is 10.2. The Morgan fingerprint density at radius 1 is 1.29 bits per heavy atom. The van der Waals surface area contributed by atoms with Crippen molar-refractivity contribution >= 4 is 6.21 Å². The molecule has 0 aliphatic rings. The fourth-order valence-electron chi connectivity index (χ4n) is 1.57. The lowest BCUT2D eigenvalue weighted by Crippen LogP contribution is -2.13. The lowest BCUT2D eigenvalue weighted by Gasteiger charge is -2.16. The molecular weight excluding hydrogens is 170 g/mol. The molecule has 0 aromatic carbocycles. The second-order valence-electron chi connectivity index (χ2n) is 3.81. The summed E-state index contributed by atoms with van der Waals surface area (Å²) in [5.41, 5.74) is 0. The highest BCUT2D eigenvalue weighted by Gasteiger charge is 2.11. The van der Waals surface area contributed by atoms with Crippen molar-refractivity contribution in [1.29, 1.82) is 0 Å². The topological polar surface area (TPSA) is 12.4 Å². The molecule has 0 amide bonds. The number of allylic oxidation sites excluding steroid dienone is 1. The second-order valence-corrected chi connectivity index (χ2v) is 3.81. The van der Waals surface area contributed by atoms with Crippen LogP contribution in [0.15, 0.2) is 17.1 Å². The van der Waals surface area contributed by atoms with Gasteiger partial charge in [0.1, 0.15) is 0 Å². The molecule has 0 aromatic rings. The third kappa shape index (κ3) is 5.95. The minimum atomic E-state index is 0.442. The van der Waals surface area contributed by atoms with Crippen LogP contribution in [0, 0.1) is 5.92 Å².